The van der Waals surface area contributed by atoms with Crippen LogP contribution in [0.15, 0.2) is 30.6 Å². The van der Waals surface area contributed by atoms with E-state index in [0.29, 0.717) is 28.0 Å². The number of rotatable bonds is 2. The Kier molecular flexibility index (Phi) is 5.39. The molecule has 4 heterocycles. The molecule has 158 valence electrons. The van der Waals surface area contributed by atoms with E-state index in [1.54, 1.807) is 4.68 Å². The van der Waals surface area contributed by atoms with Crippen LogP contribution in [0.25, 0.3) is 21.8 Å². The third-order valence-electron chi connectivity index (χ3n) is 5.46. The second-order valence-electron chi connectivity index (χ2n) is 7.60. The first-order chi connectivity index (χ1) is 14.5. The number of nitrogens with two attached hydrogens (primary N) is 1. The van der Waals surface area contributed by atoms with Gasteiger partial charge in [-0.1, -0.05) is 5.92 Å². The van der Waals surface area contributed by atoms with Gasteiger partial charge in [-0.05, 0) is 44.0 Å². The predicted molar refractivity (Wildman–Crippen MR) is 122 cm³/mol. The molecule has 0 bridgehead atoms. The Morgan fingerprint density at radius 1 is 1.29 bits per heavy atom. The van der Waals surface area contributed by atoms with Gasteiger partial charge in [-0.2, -0.15) is 10.2 Å². The van der Waals surface area contributed by atoms with Gasteiger partial charge in [0.25, 0.3) is 0 Å². The van der Waals surface area contributed by atoms with Gasteiger partial charge >= 0.3 is 0 Å². The normalized spacial score (nSPS) is 15.6. The van der Waals surface area contributed by atoms with Crippen LogP contribution in [0.1, 0.15) is 41.0 Å². The van der Waals surface area contributed by atoms with E-state index in [4.69, 9.17) is 10.8 Å². The zero-order valence-corrected chi connectivity index (χ0v) is 18.0. The lowest BCUT2D eigenvalue weighted by Gasteiger charge is -2.12. The van der Waals surface area contributed by atoms with Crippen LogP contribution < -0.4 is 11.1 Å². The highest BCUT2D eigenvalue weighted by atomic mass is 35.5. The van der Waals surface area contributed by atoms with E-state index in [0.717, 1.165) is 36.0 Å². The molecule has 1 aliphatic heterocycles. The number of nitrogen functional groups attached to an aromatic ring is 1. The number of fused-ring (bicyclic) bond motifs is 2. The second-order valence-corrected chi connectivity index (χ2v) is 7.60. The molecule has 0 spiro atoms. The van der Waals surface area contributed by atoms with Crippen molar-refractivity contribution in [2.45, 2.75) is 19.4 Å². The summed E-state index contributed by atoms with van der Waals surface area (Å²) < 4.78 is 3.68. The average molecular weight is 436 g/mol. The Morgan fingerprint density at radius 2 is 2.13 bits per heavy atom. The maximum absolute atomic E-state index is 12.3. The van der Waals surface area contributed by atoms with Crippen molar-refractivity contribution in [3.63, 3.8) is 0 Å². The Bertz CT molecular complexity index is 1370. The lowest BCUT2D eigenvalue weighted by atomic mass is 10.1. The number of carbonyl (C=O) groups excluding carboxylic acids is 1. The van der Waals surface area contributed by atoms with Gasteiger partial charge in [-0.3, -0.25) is 14.2 Å². The first-order valence-electron chi connectivity index (χ1n) is 9.85. The van der Waals surface area contributed by atoms with Crippen molar-refractivity contribution in [2.75, 3.05) is 18.8 Å². The number of benzene rings is 1. The highest BCUT2D eigenvalue weighted by Gasteiger charge is 2.25. The van der Waals surface area contributed by atoms with Gasteiger partial charge in [0.05, 0.1) is 28.0 Å². The van der Waals surface area contributed by atoms with Crippen LogP contribution in [0.2, 0.25) is 0 Å². The van der Waals surface area contributed by atoms with E-state index in [-0.39, 0.29) is 24.2 Å². The first kappa shape index (κ1) is 20.8. The standard InChI is InChI=1S/C22H21N7O.ClH/c1-13(30)17-11-25-22(23)20-18(27-29(21(17)20)16-7-8-24-10-16)6-4-14-3-5-15-12-28(2)26-19(15)9-14;/h3,5,9,11-12,16,24H,7-8,10H2,1-2H3,(H2,23,25);1H/t16-;/m0./s1. The van der Waals surface area contributed by atoms with Gasteiger partial charge in [0, 0.05) is 36.9 Å². The van der Waals surface area contributed by atoms with Crippen molar-refractivity contribution >= 4 is 45.8 Å². The Morgan fingerprint density at radius 3 is 2.87 bits per heavy atom. The third kappa shape index (κ3) is 3.63. The van der Waals surface area contributed by atoms with Crippen LogP contribution in [0.5, 0.6) is 0 Å². The average Bonchev–Trinajstić information content (AvgIpc) is 3.43. The van der Waals surface area contributed by atoms with Gasteiger partial charge in [0.15, 0.2) is 5.78 Å². The summed E-state index contributed by atoms with van der Waals surface area (Å²) >= 11 is 0. The number of aromatic nitrogens is 5. The number of Topliss-reactive ketones (excluding diaryl/α,β-unsaturated/α-hetero) is 1. The van der Waals surface area contributed by atoms with Crippen molar-refractivity contribution in [2.24, 2.45) is 7.05 Å². The van der Waals surface area contributed by atoms with E-state index in [1.807, 2.05) is 36.1 Å². The molecular formula is C22H22ClN7O. The van der Waals surface area contributed by atoms with Crippen molar-refractivity contribution in [1.29, 1.82) is 0 Å². The highest BCUT2D eigenvalue weighted by molar-refractivity contribution is 6.09. The first-order valence-corrected chi connectivity index (χ1v) is 9.85. The second kappa shape index (κ2) is 8.02. The molecule has 0 unspecified atom stereocenters. The molecule has 0 amide bonds. The van der Waals surface area contributed by atoms with Gasteiger partial charge in [-0.15, -0.1) is 12.4 Å². The van der Waals surface area contributed by atoms with Crippen LogP contribution in [-0.2, 0) is 7.05 Å². The summed E-state index contributed by atoms with van der Waals surface area (Å²) in [5, 5.41) is 14.3. The molecule has 1 aromatic carbocycles. The van der Waals surface area contributed by atoms with Crippen LogP contribution >= 0.6 is 12.4 Å². The number of anilines is 1. The van der Waals surface area contributed by atoms with Gasteiger partial charge in [-0.25, -0.2) is 4.98 Å². The van der Waals surface area contributed by atoms with E-state index >= 15 is 0 Å². The molecule has 1 fully saturated rings. The fraction of sp³-hybridized carbons (Fsp3) is 0.273. The van der Waals surface area contributed by atoms with Crippen molar-refractivity contribution in [3.8, 4) is 11.8 Å². The van der Waals surface area contributed by atoms with Crippen LogP contribution in [0.3, 0.4) is 0 Å². The van der Waals surface area contributed by atoms with E-state index in [1.165, 1.54) is 13.1 Å². The van der Waals surface area contributed by atoms with E-state index in [9.17, 15) is 4.79 Å². The fourth-order valence-corrected chi connectivity index (χ4v) is 4.00. The van der Waals surface area contributed by atoms with Crippen molar-refractivity contribution in [3.05, 3.63) is 47.4 Å². The molecule has 1 saturated heterocycles. The SMILES string of the molecule is CC(=O)c1cnc(N)c2c(C#Cc3ccc4cn(C)nc4c3)nn([C@H]3CCNC3)c12.Cl. The van der Waals surface area contributed by atoms with E-state index in [2.05, 4.69) is 27.2 Å². The quantitative estimate of drug-likeness (QED) is 0.370. The Balaban J connectivity index is 0.00000231. The van der Waals surface area contributed by atoms with Gasteiger partial charge in [0.2, 0.25) is 0 Å². The number of pyridine rings is 1. The molecule has 3 aromatic heterocycles. The number of hydrogen-bond acceptors (Lipinski definition) is 6. The molecule has 5 rings (SSSR count). The largest absolute Gasteiger partial charge is 0.383 e. The molecule has 0 radical (unpaired) electrons. The van der Waals surface area contributed by atoms with Crippen LogP contribution in [-0.4, -0.2) is 43.4 Å². The highest BCUT2D eigenvalue weighted by Crippen LogP contribution is 2.30. The monoisotopic (exact) mass is 435 g/mol. The lowest BCUT2D eigenvalue weighted by Crippen LogP contribution is -2.15. The van der Waals surface area contributed by atoms with Gasteiger partial charge in [0.1, 0.15) is 11.5 Å². The minimum atomic E-state index is -0.0697. The number of carbonyl (C=O) groups is 1. The summed E-state index contributed by atoms with van der Waals surface area (Å²) in [6.07, 6.45) is 4.43. The molecule has 31 heavy (non-hydrogen) atoms. The van der Waals surface area contributed by atoms with Crippen LogP contribution in [0, 0.1) is 11.8 Å². The Labute approximate surface area is 185 Å². The molecule has 0 saturated carbocycles. The van der Waals surface area contributed by atoms with Gasteiger partial charge < -0.3 is 11.1 Å². The minimum Gasteiger partial charge on any atom is -0.383 e. The molecule has 3 N–H and O–H groups in total. The zero-order chi connectivity index (χ0) is 20.8. The fourth-order valence-electron chi connectivity index (χ4n) is 4.00. The zero-order valence-electron chi connectivity index (χ0n) is 17.2. The lowest BCUT2D eigenvalue weighted by molar-refractivity contribution is 0.101. The summed E-state index contributed by atoms with van der Waals surface area (Å²) in [4.78, 5) is 16.5. The van der Waals surface area contributed by atoms with E-state index < -0.39 is 0 Å². The molecule has 1 atom stereocenters. The number of nitrogens with one attached hydrogen (secondary N) is 1. The summed E-state index contributed by atoms with van der Waals surface area (Å²) in [7, 11) is 1.89. The molecule has 4 aromatic rings. The Hall–Kier alpha value is -3.41. The summed E-state index contributed by atoms with van der Waals surface area (Å²) in [5.74, 6) is 6.59. The number of hydrogen-bond donors (Lipinski definition) is 2. The van der Waals surface area contributed by atoms with Crippen molar-refractivity contribution < 1.29 is 4.79 Å². The maximum atomic E-state index is 12.3. The minimum absolute atomic E-state index is 0. The topological polar surface area (TPSA) is 104 Å². The molecular weight excluding hydrogens is 414 g/mol. The smallest absolute Gasteiger partial charge is 0.163 e. The molecule has 8 nitrogen and oxygen atoms in total. The summed E-state index contributed by atoms with van der Waals surface area (Å²) in [6.45, 7) is 3.23. The molecule has 1 aliphatic rings. The number of nitrogens with zero attached hydrogens (tertiary/aromatic N) is 5. The maximum Gasteiger partial charge on any atom is 0.163 e. The predicted octanol–water partition coefficient (Wildman–Crippen LogP) is 2.46. The third-order valence-corrected chi connectivity index (χ3v) is 5.46. The van der Waals surface area contributed by atoms with Crippen molar-refractivity contribution in [1.82, 2.24) is 29.9 Å². The molecule has 0 aliphatic carbocycles. The number of halogens is 1. The van der Waals surface area contributed by atoms with Crippen LogP contribution in [0.4, 0.5) is 5.82 Å². The molecule has 9 heteroatoms. The number of aryl methyl sites for hydroxylation is 1. The number of ketones is 1. The summed E-state index contributed by atoms with van der Waals surface area (Å²) in [6, 6.07) is 6.05. The summed E-state index contributed by atoms with van der Waals surface area (Å²) in [5.41, 5.74) is 9.70.